The molecule has 0 radical (unpaired) electrons. The van der Waals surface area contributed by atoms with Crippen LogP contribution >= 0.6 is 12.2 Å². The van der Waals surface area contributed by atoms with Gasteiger partial charge < -0.3 is 5.32 Å². The number of benzene rings is 1. The van der Waals surface area contributed by atoms with E-state index in [0.29, 0.717) is 16.7 Å². The normalized spacial score (nSPS) is 14.8. The molecular formula is C14H18FN3OS. The highest BCUT2D eigenvalue weighted by Crippen LogP contribution is 2.17. The lowest BCUT2D eigenvalue weighted by Crippen LogP contribution is -2.49. The summed E-state index contributed by atoms with van der Waals surface area (Å²) in [5.74, 6) is -0.604. The molecule has 0 aliphatic heterocycles. The molecule has 1 aromatic rings. The molecule has 1 aliphatic rings. The number of hydrogen-bond donors (Lipinski definition) is 3. The Morgan fingerprint density at radius 2 is 2.05 bits per heavy atom. The van der Waals surface area contributed by atoms with E-state index < -0.39 is 0 Å². The molecule has 6 heteroatoms. The van der Waals surface area contributed by atoms with E-state index in [1.165, 1.54) is 25.0 Å². The molecule has 4 nitrogen and oxygen atoms in total. The standard InChI is InChI=1S/C14H18FN3OS/c15-11-5-3-4-10(8-11)9-13(19)17-18-14(20)16-12-6-1-2-7-12/h3-5,8,12H,1-2,6-7,9H2,(H,17,19)(H2,16,18,20). The minimum Gasteiger partial charge on any atom is -0.359 e. The molecule has 1 aliphatic carbocycles. The van der Waals surface area contributed by atoms with E-state index in [-0.39, 0.29) is 18.1 Å². The highest BCUT2D eigenvalue weighted by atomic mass is 32.1. The van der Waals surface area contributed by atoms with Crippen LogP contribution in [0.1, 0.15) is 31.2 Å². The van der Waals surface area contributed by atoms with Crippen LogP contribution in [-0.2, 0) is 11.2 Å². The Bertz CT molecular complexity index is 489. The SMILES string of the molecule is O=C(Cc1cccc(F)c1)NNC(=S)NC1CCCC1. The number of nitrogens with one attached hydrogen (secondary N) is 3. The second-order valence-electron chi connectivity index (χ2n) is 4.93. The van der Waals surface area contributed by atoms with Crippen molar-refractivity contribution < 1.29 is 9.18 Å². The lowest BCUT2D eigenvalue weighted by molar-refractivity contribution is -0.121. The average molecular weight is 295 g/mol. The van der Waals surface area contributed by atoms with Gasteiger partial charge in [0.1, 0.15) is 5.82 Å². The van der Waals surface area contributed by atoms with Crippen LogP contribution in [-0.4, -0.2) is 17.1 Å². The number of amides is 1. The topological polar surface area (TPSA) is 53.2 Å². The van der Waals surface area contributed by atoms with Gasteiger partial charge in [0, 0.05) is 6.04 Å². The number of hydrazine groups is 1. The molecule has 1 aromatic carbocycles. The van der Waals surface area contributed by atoms with Crippen molar-refractivity contribution in [3.8, 4) is 0 Å². The Kier molecular flexibility index (Phi) is 5.29. The molecule has 0 heterocycles. The fourth-order valence-corrected chi connectivity index (χ4v) is 2.51. The van der Waals surface area contributed by atoms with Gasteiger partial charge in [-0.1, -0.05) is 25.0 Å². The number of rotatable bonds is 3. The van der Waals surface area contributed by atoms with Gasteiger partial charge in [-0.2, -0.15) is 0 Å². The summed E-state index contributed by atoms with van der Waals surface area (Å²) in [6.07, 6.45) is 4.76. The molecule has 0 bridgehead atoms. The smallest absolute Gasteiger partial charge is 0.242 e. The fraction of sp³-hybridized carbons (Fsp3) is 0.429. The predicted molar refractivity (Wildman–Crippen MR) is 79.4 cm³/mol. The van der Waals surface area contributed by atoms with Crippen LogP contribution in [0.3, 0.4) is 0 Å². The van der Waals surface area contributed by atoms with Crippen molar-refractivity contribution in [3.63, 3.8) is 0 Å². The molecule has 20 heavy (non-hydrogen) atoms. The Hall–Kier alpha value is -1.69. The maximum atomic E-state index is 13.0. The summed E-state index contributed by atoms with van der Waals surface area (Å²) >= 11 is 5.10. The van der Waals surface area contributed by atoms with E-state index in [4.69, 9.17) is 12.2 Å². The maximum absolute atomic E-state index is 13.0. The molecule has 1 fully saturated rings. The summed E-state index contributed by atoms with van der Waals surface area (Å²) < 4.78 is 13.0. The van der Waals surface area contributed by atoms with Crippen molar-refractivity contribution in [3.05, 3.63) is 35.6 Å². The van der Waals surface area contributed by atoms with Crippen molar-refractivity contribution in [2.24, 2.45) is 0 Å². The molecule has 2 rings (SSSR count). The van der Waals surface area contributed by atoms with Crippen LogP contribution in [0.4, 0.5) is 4.39 Å². The third-order valence-corrected chi connectivity index (χ3v) is 3.48. The first-order valence-corrected chi connectivity index (χ1v) is 7.14. The van der Waals surface area contributed by atoms with Gasteiger partial charge in [-0.15, -0.1) is 0 Å². The monoisotopic (exact) mass is 295 g/mol. The minimum absolute atomic E-state index is 0.108. The van der Waals surface area contributed by atoms with Gasteiger partial charge in [0.15, 0.2) is 5.11 Å². The summed E-state index contributed by atoms with van der Waals surface area (Å²) in [4.78, 5) is 11.7. The molecular weight excluding hydrogens is 277 g/mol. The second-order valence-corrected chi connectivity index (χ2v) is 5.34. The molecule has 108 valence electrons. The van der Waals surface area contributed by atoms with E-state index in [2.05, 4.69) is 16.2 Å². The molecule has 3 N–H and O–H groups in total. The molecule has 0 unspecified atom stereocenters. The largest absolute Gasteiger partial charge is 0.359 e. The molecule has 0 spiro atoms. The van der Waals surface area contributed by atoms with Crippen LogP contribution < -0.4 is 16.2 Å². The Morgan fingerprint density at radius 3 is 2.75 bits per heavy atom. The van der Waals surface area contributed by atoms with Crippen molar-refractivity contribution in [1.82, 2.24) is 16.2 Å². The van der Waals surface area contributed by atoms with Gasteiger partial charge in [0.2, 0.25) is 5.91 Å². The summed E-state index contributed by atoms with van der Waals surface area (Å²) in [5.41, 5.74) is 5.80. The van der Waals surface area contributed by atoms with E-state index >= 15 is 0 Å². The number of hydrogen-bond acceptors (Lipinski definition) is 2. The summed E-state index contributed by atoms with van der Waals surface area (Å²) in [7, 11) is 0. The summed E-state index contributed by atoms with van der Waals surface area (Å²) in [6, 6.07) is 6.37. The highest BCUT2D eigenvalue weighted by molar-refractivity contribution is 7.80. The van der Waals surface area contributed by atoms with Gasteiger partial charge in [-0.3, -0.25) is 15.6 Å². The van der Waals surface area contributed by atoms with E-state index in [9.17, 15) is 9.18 Å². The predicted octanol–water partition coefficient (Wildman–Crippen LogP) is 1.81. The molecule has 1 amide bonds. The Balaban J connectivity index is 1.70. The zero-order valence-corrected chi connectivity index (χ0v) is 11.9. The van der Waals surface area contributed by atoms with E-state index in [1.54, 1.807) is 12.1 Å². The molecule has 1 saturated carbocycles. The lowest BCUT2D eigenvalue weighted by Gasteiger charge is -2.16. The number of halogens is 1. The quantitative estimate of drug-likeness (QED) is 0.588. The van der Waals surface area contributed by atoms with Crippen LogP contribution in [0.2, 0.25) is 0 Å². The zero-order chi connectivity index (χ0) is 14.4. The molecule has 0 saturated heterocycles. The Morgan fingerprint density at radius 1 is 1.30 bits per heavy atom. The number of carbonyl (C=O) groups excluding carboxylic acids is 1. The number of carbonyl (C=O) groups is 1. The van der Waals surface area contributed by atoms with Crippen molar-refractivity contribution in [2.75, 3.05) is 0 Å². The van der Waals surface area contributed by atoms with Gasteiger partial charge in [0.05, 0.1) is 6.42 Å². The van der Waals surface area contributed by atoms with Crippen LogP contribution in [0.25, 0.3) is 0 Å². The Labute approximate surface area is 123 Å². The first kappa shape index (κ1) is 14.7. The van der Waals surface area contributed by atoms with Gasteiger partial charge in [-0.05, 0) is 42.8 Å². The lowest BCUT2D eigenvalue weighted by atomic mass is 10.1. The van der Waals surface area contributed by atoms with Gasteiger partial charge in [-0.25, -0.2) is 4.39 Å². The maximum Gasteiger partial charge on any atom is 0.242 e. The van der Waals surface area contributed by atoms with Crippen LogP contribution in [0.15, 0.2) is 24.3 Å². The summed E-state index contributed by atoms with van der Waals surface area (Å²) in [5, 5.41) is 3.57. The molecule has 0 atom stereocenters. The first-order chi connectivity index (χ1) is 9.63. The van der Waals surface area contributed by atoms with Gasteiger partial charge in [0.25, 0.3) is 0 Å². The number of thiocarbonyl (C=S) groups is 1. The fourth-order valence-electron chi connectivity index (χ4n) is 2.29. The van der Waals surface area contributed by atoms with Crippen LogP contribution in [0, 0.1) is 5.82 Å². The van der Waals surface area contributed by atoms with Crippen LogP contribution in [0.5, 0.6) is 0 Å². The van der Waals surface area contributed by atoms with Crippen molar-refractivity contribution >= 4 is 23.2 Å². The van der Waals surface area contributed by atoms with Crippen molar-refractivity contribution in [1.29, 1.82) is 0 Å². The molecule has 0 aromatic heterocycles. The highest BCUT2D eigenvalue weighted by Gasteiger charge is 2.15. The second kappa shape index (κ2) is 7.19. The van der Waals surface area contributed by atoms with E-state index in [0.717, 1.165) is 12.8 Å². The van der Waals surface area contributed by atoms with E-state index in [1.807, 2.05) is 0 Å². The minimum atomic E-state index is -0.346. The van der Waals surface area contributed by atoms with Gasteiger partial charge >= 0.3 is 0 Å². The third-order valence-electron chi connectivity index (χ3n) is 3.26. The zero-order valence-electron chi connectivity index (χ0n) is 11.1. The summed E-state index contributed by atoms with van der Waals surface area (Å²) in [6.45, 7) is 0. The average Bonchev–Trinajstić information content (AvgIpc) is 2.89. The first-order valence-electron chi connectivity index (χ1n) is 6.73. The third kappa shape index (κ3) is 4.77. The van der Waals surface area contributed by atoms with Crippen molar-refractivity contribution in [2.45, 2.75) is 38.1 Å².